The van der Waals surface area contributed by atoms with Crippen LogP contribution in [0, 0.1) is 0 Å². The Morgan fingerprint density at radius 2 is 1.65 bits per heavy atom. The molecule has 138 valence electrons. The Kier molecular flexibility index (Phi) is 5.05. The first-order valence-electron chi connectivity index (χ1n) is 8.69. The molecular weight excluding hydrogens is 352 g/mol. The van der Waals surface area contributed by atoms with E-state index in [9.17, 15) is 10.2 Å². The standard InChI is InChI=1S/C20H22O5S/c21-16-17-15(12-23-19(24-17)14-9-5-2-6-10-14)25-20(26,18(16)22)11-13-7-3-1-4-8-13/h1-10,15-19,21-22,26H,11-12H2/t15-,16+,17+,18-,19?,20+/m1/s1. The van der Waals surface area contributed by atoms with Gasteiger partial charge in [0.15, 0.2) is 6.29 Å². The van der Waals surface area contributed by atoms with E-state index < -0.39 is 35.6 Å². The second kappa shape index (κ2) is 7.31. The van der Waals surface area contributed by atoms with Crippen LogP contribution in [0.5, 0.6) is 0 Å². The number of aliphatic hydroxyl groups is 2. The lowest BCUT2D eigenvalue weighted by atomic mass is 9.90. The van der Waals surface area contributed by atoms with Gasteiger partial charge in [0.1, 0.15) is 29.3 Å². The van der Waals surface area contributed by atoms with E-state index in [1.165, 1.54) is 0 Å². The molecule has 5 nitrogen and oxygen atoms in total. The second-order valence-corrected chi connectivity index (χ2v) is 7.53. The Bertz CT molecular complexity index is 725. The fraction of sp³-hybridized carbons (Fsp3) is 0.400. The molecule has 0 saturated carbocycles. The predicted octanol–water partition coefficient (Wildman–Crippen LogP) is 2.09. The molecule has 6 atom stereocenters. The topological polar surface area (TPSA) is 68.2 Å². The molecule has 2 heterocycles. The van der Waals surface area contributed by atoms with Crippen molar-refractivity contribution in [2.75, 3.05) is 6.61 Å². The number of hydrogen-bond donors (Lipinski definition) is 3. The van der Waals surface area contributed by atoms with E-state index in [2.05, 4.69) is 12.6 Å². The maximum Gasteiger partial charge on any atom is 0.184 e. The molecule has 0 aromatic heterocycles. The zero-order chi connectivity index (χ0) is 18.1. The SMILES string of the molecule is O[C@H]1[C@H]2OC(c3ccccc3)OC[C@H]2O[C@](S)(Cc2ccccc2)[C@@H]1O. The molecule has 0 spiro atoms. The highest BCUT2D eigenvalue weighted by Crippen LogP contribution is 2.41. The van der Waals surface area contributed by atoms with Gasteiger partial charge in [-0.15, -0.1) is 12.6 Å². The summed E-state index contributed by atoms with van der Waals surface area (Å²) in [4.78, 5) is -1.21. The summed E-state index contributed by atoms with van der Waals surface area (Å²) in [5.41, 5.74) is 1.83. The summed E-state index contributed by atoms with van der Waals surface area (Å²) in [5.74, 6) is 0. The van der Waals surface area contributed by atoms with Gasteiger partial charge in [0, 0.05) is 12.0 Å². The van der Waals surface area contributed by atoms with Crippen molar-refractivity contribution < 1.29 is 24.4 Å². The van der Waals surface area contributed by atoms with Gasteiger partial charge in [-0.25, -0.2) is 0 Å². The Balaban J connectivity index is 1.51. The van der Waals surface area contributed by atoms with Gasteiger partial charge in [0.2, 0.25) is 0 Å². The van der Waals surface area contributed by atoms with Crippen LogP contribution >= 0.6 is 12.6 Å². The molecule has 1 unspecified atom stereocenters. The summed E-state index contributed by atoms with van der Waals surface area (Å²) < 4.78 is 17.8. The molecule has 2 saturated heterocycles. The van der Waals surface area contributed by atoms with Crippen LogP contribution in [0.2, 0.25) is 0 Å². The van der Waals surface area contributed by atoms with E-state index in [0.717, 1.165) is 11.1 Å². The number of ether oxygens (including phenoxy) is 3. The van der Waals surface area contributed by atoms with E-state index >= 15 is 0 Å². The summed E-state index contributed by atoms with van der Waals surface area (Å²) in [6.45, 7) is 0.255. The number of thiol groups is 1. The molecular formula is C20H22O5S. The van der Waals surface area contributed by atoms with Crippen molar-refractivity contribution in [3.05, 3.63) is 71.8 Å². The third-order valence-electron chi connectivity index (χ3n) is 4.91. The molecule has 26 heavy (non-hydrogen) atoms. The summed E-state index contributed by atoms with van der Waals surface area (Å²) in [6.07, 6.45) is -3.73. The first-order valence-corrected chi connectivity index (χ1v) is 9.14. The third kappa shape index (κ3) is 3.41. The molecule has 2 aromatic carbocycles. The molecule has 2 aliphatic rings. The lowest BCUT2D eigenvalue weighted by Gasteiger charge is -2.50. The number of benzene rings is 2. The molecule has 6 heteroatoms. The van der Waals surface area contributed by atoms with Gasteiger partial charge >= 0.3 is 0 Å². The maximum absolute atomic E-state index is 10.7. The minimum absolute atomic E-state index is 0.255. The zero-order valence-corrected chi connectivity index (χ0v) is 15.0. The van der Waals surface area contributed by atoms with Crippen molar-refractivity contribution >= 4 is 12.6 Å². The van der Waals surface area contributed by atoms with Crippen LogP contribution in [-0.4, -0.2) is 46.2 Å². The molecule has 2 aliphatic heterocycles. The Morgan fingerprint density at radius 1 is 1.00 bits per heavy atom. The van der Waals surface area contributed by atoms with Gasteiger partial charge in [-0.3, -0.25) is 0 Å². The van der Waals surface area contributed by atoms with Crippen LogP contribution in [0.15, 0.2) is 60.7 Å². The van der Waals surface area contributed by atoms with Crippen LogP contribution in [0.4, 0.5) is 0 Å². The van der Waals surface area contributed by atoms with Gasteiger partial charge < -0.3 is 24.4 Å². The first-order chi connectivity index (χ1) is 12.6. The van der Waals surface area contributed by atoms with Crippen LogP contribution in [0.25, 0.3) is 0 Å². The lowest BCUT2D eigenvalue weighted by Crippen LogP contribution is -2.66. The average Bonchev–Trinajstić information content (AvgIpc) is 2.67. The zero-order valence-electron chi connectivity index (χ0n) is 14.1. The summed E-state index contributed by atoms with van der Waals surface area (Å²) in [6, 6.07) is 19.1. The van der Waals surface area contributed by atoms with Crippen LogP contribution in [-0.2, 0) is 20.6 Å². The Morgan fingerprint density at radius 3 is 2.35 bits per heavy atom. The summed E-state index contributed by atoms with van der Waals surface area (Å²) >= 11 is 4.58. The van der Waals surface area contributed by atoms with E-state index in [-0.39, 0.29) is 6.61 Å². The van der Waals surface area contributed by atoms with Gasteiger partial charge in [-0.05, 0) is 5.56 Å². The van der Waals surface area contributed by atoms with Crippen LogP contribution < -0.4 is 0 Å². The van der Waals surface area contributed by atoms with E-state index in [1.807, 2.05) is 60.7 Å². The summed E-state index contributed by atoms with van der Waals surface area (Å²) in [5, 5.41) is 21.4. The largest absolute Gasteiger partial charge is 0.387 e. The number of fused-ring (bicyclic) bond motifs is 1. The average molecular weight is 374 g/mol. The van der Waals surface area contributed by atoms with Crippen molar-refractivity contribution in [2.45, 2.75) is 42.1 Å². The van der Waals surface area contributed by atoms with Crippen molar-refractivity contribution in [1.82, 2.24) is 0 Å². The minimum atomic E-state index is -1.21. The molecule has 0 radical (unpaired) electrons. The molecule has 2 fully saturated rings. The summed E-state index contributed by atoms with van der Waals surface area (Å²) in [7, 11) is 0. The highest BCUT2D eigenvalue weighted by molar-refractivity contribution is 7.81. The number of aliphatic hydroxyl groups excluding tert-OH is 2. The van der Waals surface area contributed by atoms with E-state index in [0.29, 0.717) is 6.42 Å². The van der Waals surface area contributed by atoms with Gasteiger partial charge in [0.25, 0.3) is 0 Å². The van der Waals surface area contributed by atoms with Crippen molar-refractivity contribution in [2.24, 2.45) is 0 Å². The maximum atomic E-state index is 10.7. The molecule has 4 rings (SSSR count). The molecule has 0 aliphatic carbocycles. The Labute approximate surface area is 157 Å². The molecule has 0 bridgehead atoms. The monoisotopic (exact) mass is 374 g/mol. The van der Waals surface area contributed by atoms with E-state index in [4.69, 9.17) is 14.2 Å². The van der Waals surface area contributed by atoms with Crippen LogP contribution in [0.1, 0.15) is 17.4 Å². The first kappa shape index (κ1) is 18.0. The normalized spacial score (nSPS) is 37.1. The smallest absolute Gasteiger partial charge is 0.184 e. The predicted molar refractivity (Wildman–Crippen MR) is 98.8 cm³/mol. The highest BCUT2D eigenvalue weighted by atomic mass is 32.1. The van der Waals surface area contributed by atoms with Gasteiger partial charge in [-0.2, -0.15) is 0 Å². The fourth-order valence-corrected chi connectivity index (χ4v) is 4.02. The number of hydrogen-bond acceptors (Lipinski definition) is 6. The number of rotatable bonds is 3. The molecule has 2 aromatic rings. The fourth-order valence-electron chi connectivity index (χ4n) is 3.55. The lowest BCUT2D eigenvalue weighted by molar-refractivity contribution is -0.333. The Hall–Kier alpha value is -1.41. The van der Waals surface area contributed by atoms with Crippen LogP contribution in [0.3, 0.4) is 0 Å². The second-order valence-electron chi connectivity index (χ2n) is 6.78. The minimum Gasteiger partial charge on any atom is -0.387 e. The van der Waals surface area contributed by atoms with Gasteiger partial charge in [-0.1, -0.05) is 60.7 Å². The van der Waals surface area contributed by atoms with Gasteiger partial charge in [0.05, 0.1) is 6.61 Å². The van der Waals surface area contributed by atoms with Crippen molar-refractivity contribution in [3.63, 3.8) is 0 Å². The van der Waals surface area contributed by atoms with Crippen molar-refractivity contribution in [3.8, 4) is 0 Å². The van der Waals surface area contributed by atoms with E-state index in [1.54, 1.807) is 0 Å². The molecule has 0 amide bonds. The molecule has 2 N–H and O–H groups in total. The third-order valence-corrected chi connectivity index (χ3v) is 5.44. The quantitative estimate of drug-likeness (QED) is 0.718. The highest BCUT2D eigenvalue weighted by Gasteiger charge is 2.54. The van der Waals surface area contributed by atoms with Crippen molar-refractivity contribution in [1.29, 1.82) is 0 Å².